The SMILES string of the molecule is c1ccc(-c2nc(-c3ccccc3)nc(-c3ccc4c(c3)Oc3ccccc3C43c4ccccc4-n4c5ccccc5c5cccc3c54)n2)cc1. The molecule has 2 aliphatic rings. The van der Waals surface area contributed by atoms with Crippen molar-refractivity contribution in [2.45, 2.75) is 5.41 Å². The van der Waals surface area contributed by atoms with Gasteiger partial charge in [0.15, 0.2) is 17.5 Å². The van der Waals surface area contributed by atoms with E-state index in [2.05, 4.69) is 114 Å². The lowest BCUT2D eigenvalue weighted by molar-refractivity contribution is 0.434. The lowest BCUT2D eigenvalue weighted by atomic mass is 9.61. The predicted molar refractivity (Wildman–Crippen MR) is 202 cm³/mol. The topological polar surface area (TPSA) is 52.8 Å². The third-order valence-electron chi connectivity index (χ3n) is 10.5. The van der Waals surface area contributed by atoms with E-state index >= 15 is 0 Å². The minimum Gasteiger partial charge on any atom is -0.457 e. The molecule has 0 fully saturated rings. The summed E-state index contributed by atoms with van der Waals surface area (Å²) in [6.07, 6.45) is 0. The summed E-state index contributed by atoms with van der Waals surface area (Å²) in [5.74, 6) is 3.46. The van der Waals surface area contributed by atoms with Crippen LogP contribution in [-0.2, 0) is 5.41 Å². The molecule has 238 valence electrons. The van der Waals surface area contributed by atoms with Gasteiger partial charge in [-0.1, -0.05) is 146 Å². The largest absolute Gasteiger partial charge is 0.457 e. The molecule has 0 saturated carbocycles. The van der Waals surface area contributed by atoms with Crippen LogP contribution in [0.3, 0.4) is 0 Å². The molecule has 0 saturated heterocycles. The molecule has 1 atom stereocenters. The van der Waals surface area contributed by atoms with Crippen molar-refractivity contribution >= 4 is 21.8 Å². The van der Waals surface area contributed by atoms with E-state index in [-0.39, 0.29) is 0 Å². The number of ether oxygens (including phenoxy) is 1. The van der Waals surface area contributed by atoms with Crippen molar-refractivity contribution in [3.63, 3.8) is 0 Å². The van der Waals surface area contributed by atoms with Crippen LogP contribution in [0.15, 0.2) is 170 Å². The summed E-state index contributed by atoms with van der Waals surface area (Å²) in [5.41, 5.74) is 10.4. The van der Waals surface area contributed by atoms with E-state index in [0.717, 1.165) is 39.3 Å². The van der Waals surface area contributed by atoms with Crippen molar-refractivity contribution < 1.29 is 4.74 Å². The van der Waals surface area contributed by atoms with E-state index < -0.39 is 5.41 Å². The molecule has 0 N–H and O–H groups in total. The number of nitrogens with zero attached hydrogens (tertiary/aromatic N) is 4. The number of hydrogen-bond acceptors (Lipinski definition) is 4. The van der Waals surface area contributed by atoms with Crippen molar-refractivity contribution in [1.29, 1.82) is 0 Å². The second-order valence-electron chi connectivity index (χ2n) is 13.2. The number of fused-ring (bicyclic) bond motifs is 11. The normalized spacial score (nSPS) is 15.3. The van der Waals surface area contributed by atoms with E-state index in [1.807, 2.05) is 60.7 Å². The maximum Gasteiger partial charge on any atom is 0.164 e. The second-order valence-corrected chi connectivity index (χ2v) is 13.2. The minimum atomic E-state index is -0.632. The summed E-state index contributed by atoms with van der Waals surface area (Å²) in [6, 6.07) is 59.5. The molecule has 7 aromatic carbocycles. The highest BCUT2D eigenvalue weighted by Gasteiger charge is 2.50. The maximum atomic E-state index is 6.88. The van der Waals surface area contributed by atoms with Gasteiger partial charge in [0.1, 0.15) is 11.5 Å². The highest BCUT2D eigenvalue weighted by molar-refractivity contribution is 6.12. The highest BCUT2D eigenvalue weighted by Crippen LogP contribution is 2.60. The zero-order chi connectivity index (χ0) is 33.5. The molecule has 0 aliphatic carbocycles. The van der Waals surface area contributed by atoms with Crippen molar-refractivity contribution in [1.82, 2.24) is 19.5 Å². The number of benzene rings is 7. The van der Waals surface area contributed by atoms with E-state index in [1.165, 1.54) is 38.6 Å². The second kappa shape index (κ2) is 10.6. The van der Waals surface area contributed by atoms with Crippen LogP contribution in [0.5, 0.6) is 11.5 Å². The summed E-state index contributed by atoms with van der Waals surface area (Å²) in [4.78, 5) is 15.0. The highest BCUT2D eigenvalue weighted by atomic mass is 16.5. The first-order valence-corrected chi connectivity index (χ1v) is 17.2. The van der Waals surface area contributed by atoms with Gasteiger partial charge < -0.3 is 9.30 Å². The summed E-state index contributed by atoms with van der Waals surface area (Å²) in [5, 5.41) is 2.49. The fourth-order valence-corrected chi connectivity index (χ4v) is 8.40. The zero-order valence-electron chi connectivity index (χ0n) is 27.4. The van der Waals surface area contributed by atoms with Gasteiger partial charge in [-0.25, -0.2) is 15.0 Å². The van der Waals surface area contributed by atoms with Crippen LogP contribution in [0.25, 0.3) is 61.7 Å². The number of aromatic nitrogens is 4. The Morgan fingerprint density at radius 1 is 0.412 bits per heavy atom. The molecule has 11 rings (SSSR count). The Hall–Kier alpha value is -6.85. The molecule has 51 heavy (non-hydrogen) atoms. The fraction of sp³-hybridized carbons (Fsp3) is 0.0217. The molecule has 5 heteroatoms. The van der Waals surface area contributed by atoms with Crippen molar-refractivity contribution in [3.8, 4) is 51.3 Å². The lowest BCUT2D eigenvalue weighted by Crippen LogP contribution is -2.37. The summed E-state index contributed by atoms with van der Waals surface area (Å²) < 4.78 is 9.33. The van der Waals surface area contributed by atoms with Gasteiger partial charge in [-0.05, 0) is 35.4 Å². The molecule has 0 bridgehead atoms. The van der Waals surface area contributed by atoms with Crippen LogP contribution in [0.2, 0.25) is 0 Å². The average molecular weight is 653 g/mol. The van der Waals surface area contributed by atoms with Gasteiger partial charge in [0.2, 0.25) is 0 Å². The van der Waals surface area contributed by atoms with Gasteiger partial charge in [0.25, 0.3) is 0 Å². The maximum absolute atomic E-state index is 6.88. The molecule has 1 unspecified atom stereocenters. The number of para-hydroxylation sites is 4. The summed E-state index contributed by atoms with van der Waals surface area (Å²) >= 11 is 0. The minimum absolute atomic E-state index is 0.591. The predicted octanol–water partition coefficient (Wildman–Crippen LogP) is 10.8. The Bertz CT molecular complexity index is 2790. The fourth-order valence-electron chi connectivity index (χ4n) is 8.40. The van der Waals surface area contributed by atoms with Gasteiger partial charge in [0.05, 0.1) is 22.1 Å². The number of hydrogen-bond donors (Lipinski definition) is 0. The molecule has 2 aromatic heterocycles. The van der Waals surface area contributed by atoms with E-state index in [9.17, 15) is 0 Å². The first kappa shape index (κ1) is 28.0. The van der Waals surface area contributed by atoms with Crippen molar-refractivity contribution in [2.75, 3.05) is 0 Å². The van der Waals surface area contributed by atoms with Crippen molar-refractivity contribution in [3.05, 3.63) is 192 Å². The van der Waals surface area contributed by atoms with Crippen LogP contribution >= 0.6 is 0 Å². The first-order chi connectivity index (χ1) is 25.3. The third-order valence-corrected chi connectivity index (χ3v) is 10.5. The van der Waals surface area contributed by atoms with Crippen molar-refractivity contribution in [2.24, 2.45) is 0 Å². The average Bonchev–Trinajstić information content (AvgIpc) is 3.55. The molecular formula is C46H28N4O. The summed E-state index contributed by atoms with van der Waals surface area (Å²) in [6.45, 7) is 0. The van der Waals surface area contributed by atoms with Crippen LogP contribution in [-0.4, -0.2) is 19.5 Å². The molecular weight excluding hydrogens is 625 g/mol. The monoisotopic (exact) mass is 652 g/mol. The molecule has 2 aliphatic heterocycles. The molecule has 0 amide bonds. The molecule has 4 heterocycles. The van der Waals surface area contributed by atoms with E-state index in [1.54, 1.807) is 0 Å². The van der Waals surface area contributed by atoms with Gasteiger partial charge >= 0.3 is 0 Å². The number of rotatable bonds is 3. The Morgan fingerprint density at radius 2 is 0.980 bits per heavy atom. The van der Waals surface area contributed by atoms with Gasteiger partial charge in [0, 0.05) is 38.6 Å². The Morgan fingerprint density at radius 3 is 1.75 bits per heavy atom. The van der Waals surface area contributed by atoms with Gasteiger partial charge in [-0.15, -0.1) is 0 Å². The van der Waals surface area contributed by atoms with Crippen LogP contribution < -0.4 is 4.74 Å². The van der Waals surface area contributed by atoms with Gasteiger partial charge in [-0.3, -0.25) is 0 Å². The quantitative estimate of drug-likeness (QED) is 0.191. The first-order valence-electron chi connectivity index (χ1n) is 17.2. The standard InChI is InChI=1S/C46H28N4O/c1-3-14-29(15-4-1)43-47-44(30-16-5-2-6-17-30)49-45(48-43)31-26-27-36-41(28-31)51-40-25-12-9-21-35(40)46(36)34-20-8-11-24-39(34)50-38-23-10-7-18-32(38)33-19-13-22-37(46)42(33)50/h1-28H. The third kappa shape index (κ3) is 3.88. The van der Waals surface area contributed by atoms with Crippen LogP contribution in [0, 0.1) is 0 Å². The van der Waals surface area contributed by atoms with Crippen LogP contribution in [0.1, 0.15) is 22.3 Å². The molecule has 9 aromatic rings. The van der Waals surface area contributed by atoms with Gasteiger partial charge in [-0.2, -0.15) is 0 Å². The Balaban J connectivity index is 1.20. The Kier molecular flexibility index (Phi) is 5.81. The van der Waals surface area contributed by atoms with E-state index in [0.29, 0.717) is 17.5 Å². The molecule has 5 nitrogen and oxygen atoms in total. The van der Waals surface area contributed by atoms with E-state index in [4.69, 9.17) is 19.7 Å². The zero-order valence-corrected chi connectivity index (χ0v) is 27.4. The smallest absolute Gasteiger partial charge is 0.164 e. The lowest BCUT2D eigenvalue weighted by Gasteiger charge is -2.45. The Labute approximate surface area is 294 Å². The summed E-state index contributed by atoms with van der Waals surface area (Å²) in [7, 11) is 0. The molecule has 0 radical (unpaired) electrons. The molecule has 1 spiro atoms. The van der Waals surface area contributed by atoms with Crippen LogP contribution in [0.4, 0.5) is 0 Å².